The molecule has 3 amide bonds. The van der Waals surface area contributed by atoms with E-state index in [9.17, 15) is 19.2 Å². The minimum atomic E-state index is -0.359. The molecular weight excluding hydrogens is 348 g/mol. The molecule has 1 atom stereocenters. The summed E-state index contributed by atoms with van der Waals surface area (Å²) in [7, 11) is 1.32. The lowest BCUT2D eigenvalue weighted by molar-refractivity contribution is -0.142. The zero-order valence-corrected chi connectivity index (χ0v) is 16.1. The zero-order valence-electron chi connectivity index (χ0n) is 16.1. The van der Waals surface area contributed by atoms with Crippen molar-refractivity contribution in [3.05, 3.63) is 35.4 Å². The summed E-state index contributed by atoms with van der Waals surface area (Å²) in [5, 5.41) is 0. The molecule has 1 aliphatic rings. The molecule has 1 heterocycles. The number of methoxy groups -OCH3 is 1. The fourth-order valence-corrected chi connectivity index (χ4v) is 3.10. The highest BCUT2D eigenvalue weighted by molar-refractivity contribution is 6.21. The highest BCUT2D eigenvalue weighted by atomic mass is 16.5. The van der Waals surface area contributed by atoms with E-state index < -0.39 is 0 Å². The van der Waals surface area contributed by atoms with Crippen LogP contribution in [0, 0.1) is 0 Å². The first-order valence-electron chi connectivity index (χ1n) is 9.22. The largest absolute Gasteiger partial charge is 0.469 e. The Bertz CT molecular complexity index is 696. The molecule has 0 aliphatic carbocycles. The maximum Gasteiger partial charge on any atom is 0.307 e. The summed E-state index contributed by atoms with van der Waals surface area (Å²) in [6, 6.07) is 6.72. The number of carbonyl (C=O) groups excluding carboxylic acids is 4. The minimum Gasteiger partial charge on any atom is -0.469 e. The van der Waals surface area contributed by atoms with Crippen molar-refractivity contribution in [2.45, 2.75) is 45.6 Å². The average Bonchev–Trinajstić information content (AvgIpc) is 2.92. The molecule has 1 aliphatic heterocycles. The number of hydrogen-bond donors (Lipinski definition) is 0. The minimum absolute atomic E-state index is 0.00135. The van der Waals surface area contributed by atoms with Crippen molar-refractivity contribution in [2.75, 3.05) is 20.2 Å². The van der Waals surface area contributed by atoms with Crippen molar-refractivity contribution in [1.82, 2.24) is 9.80 Å². The molecule has 0 saturated carbocycles. The topological polar surface area (TPSA) is 84.0 Å². The quantitative estimate of drug-likeness (QED) is 0.489. The Labute approximate surface area is 159 Å². The molecule has 1 aromatic rings. The number of ether oxygens (including phenoxy) is 1. The van der Waals surface area contributed by atoms with Gasteiger partial charge in [-0.2, -0.15) is 0 Å². The zero-order chi connectivity index (χ0) is 20.0. The number of rotatable bonds is 9. The lowest BCUT2D eigenvalue weighted by atomic mass is 10.1. The second-order valence-corrected chi connectivity index (χ2v) is 6.58. The first kappa shape index (κ1) is 20.6. The fraction of sp³-hybridized carbons (Fsp3) is 0.500. The monoisotopic (exact) mass is 374 g/mol. The predicted molar refractivity (Wildman–Crippen MR) is 99.1 cm³/mol. The van der Waals surface area contributed by atoms with E-state index in [1.165, 1.54) is 12.0 Å². The maximum absolute atomic E-state index is 12.6. The van der Waals surface area contributed by atoms with Gasteiger partial charge in [0.1, 0.15) is 0 Å². The van der Waals surface area contributed by atoms with Gasteiger partial charge in [-0.3, -0.25) is 24.1 Å². The third-order valence-electron chi connectivity index (χ3n) is 4.88. The maximum atomic E-state index is 12.6. The Morgan fingerprint density at radius 1 is 1.11 bits per heavy atom. The lowest BCUT2D eigenvalue weighted by Gasteiger charge is -2.28. The number of fused-ring (bicyclic) bond motifs is 1. The molecule has 0 spiro atoms. The van der Waals surface area contributed by atoms with E-state index in [1.807, 2.05) is 13.8 Å². The summed E-state index contributed by atoms with van der Waals surface area (Å²) in [5.41, 5.74) is 0.821. The van der Waals surface area contributed by atoms with Gasteiger partial charge in [0.15, 0.2) is 0 Å². The summed E-state index contributed by atoms with van der Waals surface area (Å²) in [6.07, 6.45) is 1.50. The van der Waals surface area contributed by atoms with Gasteiger partial charge in [-0.1, -0.05) is 19.1 Å². The SMILES string of the molecule is CCC(C)N(CCC(=O)OC)C(=O)CCCN1C(=O)c2ccccc2C1=O. The smallest absolute Gasteiger partial charge is 0.307 e. The van der Waals surface area contributed by atoms with Crippen molar-refractivity contribution < 1.29 is 23.9 Å². The molecule has 1 unspecified atom stereocenters. The van der Waals surface area contributed by atoms with Gasteiger partial charge in [0.25, 0.3) is 11.8 Å². The van der Waals surface area contributed by atoms with Gasteiger partial charge in [0.2, 0.25) is 5.91 Å². The van der Waals surface area contributed by atoms with E-state index in [1.54, 1.807) is 29.2 Å². The third-order valence-corrected chi connectivity index (χ3v) is 4.88. The van der Waals surface area contributed by atoms with E-state index in [0.29, 0.717) is 24.1 Å². The molecule has 0 N–H and O–H groups in total. The van der Waals surface area contributed by atoms with E-state index in [4.69, 9.17) is 0 Å². The molecule has 7 heteroatoms. The Morgan fingerprint density at radius 2 is 1.70 bits per heavy atom. The highest BCUT2D eigenvalue weighted by Crippen LogP contribution is 2.22. The number of nitrogens with zero attached hydrogens (tertiary/aromatic N) is 2. The van der Waals surface area contributed by atoms with E-state index >= 15 is 0 Å². The van der Waals surface area contributed by atoms with Gasteiger partial charge in [-0.15, -0.1) is 0 Å². The van der Waals surface area contributed by atoms with Crippen molar-refractivity contribution >= 4 is 23.7 Å². The van der Waals surface area contributed by atoms with Crippen molar-refractivity contribution in [3.8, 4) is 0 Å². The van der Waals surface area contributed by atoms with Crippen LogP contribution in [0.2, 0.25) is 0 Å². The van der Waals surface area contributed by atoms with Gasteiger partial charge < -0.3 is 9.64 Å². The first-order chi connectivity index (χ1) is 12.9. The van der Waals surface area contributed by atoms with Gasteiger partial charge in [0.05, 0.1) is 24.7 Å². The Hall–Kier alpha value is -2.70. The van der Waals surface area contributed by atoms with Crippen LogP contribution in [0.15, 0.2) is 24.3 Å². The lowest BCUT2D eigenvalue weighted by Crippen LogP contribution is -2.40. The predicted octanol–water partition coefficient (Wildman–Crippen LogP) is 2.25. The molecule has 0 radical (unpaired) electrons. The highest BCUT2D eigenvalue weighted by Gasteiger charge is 2.34. The van der Waals surface area contributed by atoms with Crippen molar-refractivity contribution in [2.24, 2.45) is 0 Å². The van der Waals surface area contributed by atoms with E-state index in [0.717, 1.165) is 6.42 Å². The van der Waals surface area contributed by atoms with Crippen molar-refractivity contribution in [1.29, 1.82) is 0 Å². The molecule has 7 nitrogen and oxygen atoms in total. The molecule has 0 aromatic heterocycles. The van der Waals surface area contributed by atoms with Crippen LogP contribution < -0.4 is 0 Å². The summed E-state index contributed by atoms with van der Waals surface area (Å²) in [5.74, 6) is -1.08. The summed E-state index contributed by atoms with van der Waals surface area (Å²) < 4.78 is 4.64. The molecule has 0 bridgehead atoms. The van der Waals surface area contributed by atoms with Gasteiger partial charge in [-0.25, -0.2) is 0 Å². The Kier molecular flexibility index (Phi) is 7.10. The average molecular weight is 374 g/mol. The van der Waals surface area contributed by atoms with Crippen LogP contribution >= 0.6 is 0 Å². The summed E-state index contributed by atoms with van der Waals surface area (Å²) in [6.45, 7) is 4.40. The van der Waals surface area contributed by atoms with Gasteiger partial charge >= 0.3 is 5.97 Å². The van der Waals surface area contributed by atoms with Crippen LogP contribution in [0.5, 0.6) is 0 Å². The van der Waals surface area contributed by atoms with Crippen LogP contribution in [-0.2, 0) is 14.3 Å². The molecular formula is C20H26N2O5. The number of carbonyl (C=O) groups is 4. The number of hydrogen-bond acceptors (Lipinski definition) is 5. The van der Waals surface area contributed by atoms with Gasteiger partial charge in [-0.05, 0) is 31.9 Å². The molecule has 2 rings (SSSR count). The molecule has 146 valence electrons. The Morgan fingerprint density at radius 3 is 2.22 bits per heavy atom. The van der Waals surface area contributed by atoms with Crippen LogP contribution in [0.1, 0.15) is 60.2 Å². The van der Waals surface area contributed by atoms with Crippen LogP contribution in [-0.4, -0.2) is 59.7 Å². The molecule has 1 aromatic carbocycles. The fourth-order valence-electron chi connectivity index (χ4n) is 3.10. The second kappa shape index (κ2) is 9.30. The Balaban J connectivity index is 1.91. The first-order valence-corrected chi connectivity index (χ1v) is 9.22. The number of amides is 3. The van der Waals surface area contributed by atoms with Crippen LogP contribution in [0.4, 0.5) is 0 Å². The number of imide groups is 1. The second-order valence-electron chi connectivity index (χ2n) is 6.58. The summed E-state index contributed by atoms with van der Waals surface area (Å²) >= 11 is 0. The van der Waals surface area contributed by atoms with E-state index in [2.05, 4.69) is 4.74 Å². The van der Waals surface area contributed by atoms with Crippen LogP contribution in [0.3, 0.4) is 0 Å². The number of esters is 1. The molecule has 0 fully saturated rings. The summed E-state index contributed by atoms with van der Waals surface area (Å²) in [4.78, 5) is 51.5. The standard InChI is InChI=1S/C20H26N2O5/c1-4-14(2)21(13-11-18(24)27-3)17(23)10-7-12-22-19(25)15-8-5-6-9-16(15)20(22)26/h5-6,8-9,14H,4,7,10-13H2,1-3H3. The molecule has 0 saturated heterocycles. The van der Waals surface area contributed by atoms with Crippen molar-refractivity contribution in [3.63, 3.8) is 0 Å². The third kappa shape index (κ3) is 4.72. The van der Waals surface area contributed by atoms with Crippen LogP contribution in [0.25, 0.3) is 0 Å². The number of benzene rings is 1. The van der Waals surface area contributed by atoms with Gasteiger partial charge in [0, 0.05) is 25.6 Å². The van der Waals surface area contributed by atoms with E-state index in [-0.39, 0.29) is 49.1 Å². The molecule has 27 heavy (non-hydrogen) atoms. The normalized spacial score (nSPS) is 14.1.